The normalized spacial score (nSPS) is 11.8. The topological polar surface area (TPSA) is 83.6 Å². The number of hydrogen-bond donors (Lipinski definition) is 2. The van der Waals surface area contributed by atoms with Crippen molar-refractivity contribution in [1.82, 2.24) is 0 Å². The van der Waals surface area contributed by atoms with E-state index in [9.17, 15) is 14.7 Å². The van der Waals surface area contributed by atoms with Crippen molar-refractivity contribution in [3.05, 3.63) is 64.7 Å². The molecule has 114 valence electrons. The molecule has 22 heavy (non-hydrogen) atoms. The molecule has 0 aliphatic carbocycles. The third kappa shape index (κ3) is 3.33. The third-order valence-electron chi connectivity index (χ3n) is 3.18. The van der Waals surface area contributed by atoms with E-state index in [0.717, 1.165) is 4.90 Å². The summed E-state index contributed by atoms with van der Waals surface area (Å²) in [6.45, 7) is 0. The summed E-state index contributed by atoms with van der Waals surface area (Å²) in [5, 5.41) is 9.60. The number of carbonyl (C=O) groups excluding carboxylic acids is 2. The Morgan fingerprint density at radius 3 is 2.41 bits per heavy atom. The molecule has 0 fully saturated rings. The molecule has 0 saturated carbocycles. The maximum Gasteiger partial charge on any atom is 0.270 e. The van der Waals surface area contributed by atoms with E-state index in [4.69, 9.17) is 17.3 Å². The van der Waals surface area contributed by atoms with Crippen molar-refractivity contribution in [2.75, 3.05) is 11.9 Å². The predicted octanol–water partition coefficient (Wildman–Crippen LogP) is 1.81. The summed E-state index contributed by atoms with van der Waals surface area (Å²) in [5.41, 5.74) is 6.25. The molecule has 2 rings (SSSR count). The van der Waals surface area contributed by atoms with Gasteiger partial charge in [0.2, 0.25) is 0 Å². The van der Waals surface area contributed by atoms with Crippen LogP contribution in [0.1, 0.15) is 15.9 Å². The highest BCUT2D eigenvalue weighted by molar-refractivity contribution is 6.31. The smallest absolute Gasteiger partial charge is 0.270 e. The number of aliphatic hydroxyl groups is 1. The van der Waals surface area contributed by atoms with E-state index in [-0.39, 0.29) is 11.3 Å². The van der Waals surface area contributed by atoms with Crippen molar-refractivity contribution in [2.45, 2.75) is 6.23 Å². The van der Waals surface area contributed by atoms with Crippen molar-refractivity contribution in [3.8, 4) is 0 Å². The van der Waals surface area contributed by atoms with Gasteiger partial charge < -0.3 is 10.0 Å². The molecule has 2 aromatic rings. The number of halogens is 1. The Kier molecular flexibility index (Phi) is 4.92. The van der Waals surface area contributed by atoms with Crippen LogP contribution in [0, 0.1) is 0 Å². The van der Waals surface area contributed by atoms with Gasteiger partial charge in [0.15, 0.2) is 12.0 Å². The quantitative estimate of drug-likeness (QED) is 0.665. The minimum absolute atomic E-state index is 0.259. The van der Waals surface area contributed by atoms with Crippen molar-refractivity contribution < 1.29 is 14.7 Å². The second-order valence-electron chi connectivity index (χ2n) is 4.70. The number of nitrogens with two attached hydrogens (primary N) is 1. The molecular weight excluding hydrogens is 304 g/mol. The maximum absolute atomic E-state index is 12.6. The van der Waals surface area contributed by atoms with Crippen LogP contribution in [-0.2, 0) is 4.79 Å². The molecule has 0 aromatic heterocycles. The van der Waals surface area contributed by atoms with E-state index in [1.165, 1.54) is 13.1 Å². The first kappa shape index (κ1) is 16.2. The SMILES string of the molecule is CN(C(=O)C(N)O)c1ccc(Cl)cc1C(=O)c1ccccc1. The Labute approximate surface area is 132 Å². The minimum Gasteiger partial charge on any atom is -0.370 e. The van der Waals surface area contributed by atoms with Gasteiger partial charge in [-0.1, -0.05) is 41.9 Å². The van der Waals surface area contributed by atoms with Crippen LogP contribution in [-0.4, -0.2) is 30.1 Å². The van der Waals surface area contributed by atoms with Crippen molar-refractivity contribution in [3.63, 3.8) is 0 Å². The highest BCUT2D eigenvalue weighted by Crippen LogP contribution is 2.26. The van der Waals surface area contributed by atoms with Gasteiger partial charge >= 0.3 is 0 Å². The summed E-state index contributed by atoms with van der Waals surface area (Å²) in [7, 11) is 1.43. The fraction of sp³-hybridized carbons (Fsp3) is 0.125. The third-order valence-corrected chi connectivity index (χ3v) is 3.42. The van der Waals surface area contributed by atoms with Gasteiger partial charge in [0.05, 0.1) is 5.69 Å². The van der Waals surface area contributed by atoms with E-state index < -0.39 is 12.1 Å². The number of hydrogen-bond acceptors (Lipinski definition) is 4. The van der Waals surface area contributed by atoms with Crippen LogP contribution >= 0.6 is 11.6 Å². The van der Waals surface area contributed by atoms with Crippen molar-refractivity contribution in [1.29, 1.82) is 0 Å². The lowest BCUT2D eigenvalue weighted by Crippen LogP contribution is -2.42. The predicted molar refractivity (Wildman–Crippen MR) is 84.9 cm³/mol. The first-order valence-electron chi connectivity index (χ1n) is 6.52. The van der Waals surface area contributed by atoms with Gasteiger partial charge in [-0.2, -0.15) is 0 Å². The Hall–Kier alpha value is -2.21. The number of rotatable bonds is 4. The minimum atomic E-state index is -1.65. The molecule has 2 aromatic carbocycles. The van der Waals surface area contributed by atoms with Gasteiger partial charge in [-0.15, -0.1) is 0 Å². The summed E-state index contributed by atoms with van der Waals surface area (Å²) < 4.78 is 0. The largest absolute Gasteiger partial charge is 0.370 e. The number of benzene rings is 2. The highest BCUT2D eigenvalue weighted by atomic mass is 35.5. The molecule has 0 heterocycles. The molecule has 1 atom stereocenters. The lowest BCUT2D eigenvalue weighted by Gasteiger charge is -2.21. The summed E-state index contributed by atoms with van der Waals surface area (Å²) in [6.07, 6.45) is -1.65. The molecule has 0 aliphatic heterocycles. The van der Waals surface area contributed by atoms with Crippen molar-refractivity contribution in [2.24, 2.45) is 5.73 Å². The van der Waals surface area contributed by atoms with Crippen molar-refractivity contribution >= 4 is 29.0 Å². The van der Waals surface area contributed by atoms with Crippen LogP contribution in [0.5, 0.6) is 0 Å². The molecule has 0 bridgehead atoms. The summed E-state index contributed by atoms with van der Waals surface area (Å²) in [4.78, 5) is 25.6. The van der Waals surface area contributed by atoms with E-state index in [0.29, 0.717) is 16.3 Å². The van der Waals surface area contributed by atoms with Crippen LogP contribution in [0.2, 0.25) is 5.02 Å². The van der Waals surface area contributed by atoms with Gasteiger partial charge in [0.1, 0.15) is 0 Å². The highest BCUT2D eigenvalue weighted by Gasteiger charge is 2.22. The molecular formula is C16H15ClN2O3. The molecule has 0 aliphatic rings. The summed E-state index contributed by atoms with van der Waals surface area (Å²) >= 11 is 5.97. The number of ketones is 1. The van der Waals surface area contributed by atoms with E-state index >= 15 is 0 Å². The Bertz CT molecular complexity index is 702. The second-order valence-corrected chi connectivity index (χ2v) is 5.14. The number of amides is 1. The standard InChI is InChI=1S/C16H15ClN2O3/c1-19(16(22)15(18)21)13-8-7-11(17)9-12(13)14(20)10-5-3-2-4-6-10/h2-9,15,21H,18H2,1H3. The second kappa shape index (κ2) is 6.70. The molecule has 0 spiro atoms. The molecule has 1 unspecified atom stereocenters. The first-order valence-corrected chi connectivity index (χ1v) is 6.90. The van der Waals surface area contributed by atoms with Gasteiger partial charge in [0, 0.05) is 23.2 Å². The van der Waals surface area contributed by atoms with E-state index in [1.54, 1.807) is 42.5 Å². The Balaban J connectivity index is 2.49. The Morgan fingerprint density at radius 2 is 1.82 bits per heavy atom. The number of anilines is 1. The lowest BCUT2D eigenvalue weighted by atomic mass is 10.0. The van der Waals surface area contributed by atoms with Crippen LogP contribution < -0.4 is 10.6 Å². The van der Waals surface area contributed by atoms with Crippen LogP contribution in [0.3, 0.4) is 0 Å². The molecule has 0 radical (unpaired) electrons. The Morgan fingerprint density at radius 1 is 1.18 bits per heavy atom. The average Bonchev–Trinajstić information content (AvgIpc) is 2.53. The van der Waals surface area contributed by atoms with Crippen LogP contribution in [0.4, 0.5) is 5.69 Å². The lowest BCUT2D eigenvalue weighted by molar-refractivity contribution is -0.126. The average molecular weight is 319 g/mol. The van der Waals surface area contributed by atoms with Crippen LogP contribution in [0.15, 0.2) is 48.5 Å². The van der Waals surface area contributed by atoms with E-state index in [1.807, 2.05) is 0 Å². The molecule has 1 amide bonds. The zero-order valence-electron chi connectivity index (χ0n) is 11.9. The maximum atomic E-state index is 12.6. The summed E-state index contributed by atoms with van der Waals surface area (Å²) in [5.74, 6) is -0.992. The van der Waals surface area contributed by atoms with E-state index in [2.05, 4.69) is 0 Å². The number of carbonyl (C=O) groups is 2. The number of nitrogens with zero attached hydrogens (tertiary/aromatic N) is 1. The van der Waals surface area contributed by atoms with Gasteiger partial charge in [-0.05, 0) is 18.2 Å². The first-order chi connectivity index (χ1) is 10.4. The van der Waals surface area contributed by atoms with Crippen LogP contribution in [0.25, 0.3) is 0 Å². The monoisotopic (exact) mass is 318 g/mol. The molecule has 5 nitrogen and oxygen atoms in total. The molecule has 3 N–H and O–H groups in total. The zero-order chi connectivity index (χ0) is 16.3. The zero-order valence-corrected chi connectivity index (χ0v) is 12.6. The van der Waals surface area contributed by atoms with Gasteiger partial charge in [-0.25, -0.2) is 0 Å². The fourth-order valence-electron chi connectivity index (χ4n) is 2.04. The number of likely N-dealkylation sites (N-methyl/N-ethyl adjacent to an activating group) is 1. The van der Waals surface area contributed by atoms with Gasteiger partial charge in [0.25, 0.3) is 5.91 Å². The molecule has 0 saturated heterocycles. The molecule has 6 heteroatoms. The number of aliphatic hydroxyl groups excluding tert-OH is 1. The summed E-state index contributed by atoms with van der Waals surface area (Å²) in [6, 6.07) is 13.2. The fourth-order valence-corrected chi connectivity index (χ4v) is 2.22. The van der Waals surface area contributed by atoms with Gasteiger partial charge in [-0.3, -0.25) is 15.3 Å².